The number of benzene rings is 1. The highest BCUT2D eigenvalue weighted by molar-refractivity contribution is 5.54. The molecular formula is C23H38N2O. The van der Waals surface area contributed by atoms with Crippen LogP contribution in [0.4, 0.5) is 5.69 Å². The van der Waals surface area contributed by atoms with Gasteiger partial charge in [-0.2, -0.15) is 0 Å². The second-order valence-electron chi connectivity index (χ2n) is 9.02. The third kappa shape index (κ3) is 3.87. The van der Waals surface area contributed by atoms with E-state index in [-0.39, 0.29) is 16.6 Å². The zero-order valence-electron chi connectivity index (χ0n) is 18.1. The number of allylic oxidation sites excluding steroid dienone is 1. The Bertz CT molecular complexity index is 643. The summed E-state index contributed by atoms with van der Waals surface area (Å²) in [5, 5.41) is 3.58. The van der Waals surface area contributed by atoms with Gasteiger partial charge in [0.05, 0.1) is 5.54 Å². The predicted molar refractivity (Wildman–Crippen MR) is 113 cm³/mol. The van der Waals surface area contributed by atoms with Gasteiger partial charge in [-0.25, -0.2) is 0 Å². The van der Waals surface area contributed by atoms with Crippen molar-refractivity contribution in [2.45, 2.75) is 84.8 Å². The molecule has 146 valence electrons. The second-order valence-corrected chi connectivity index (χ2v) is 9.02. The van der Waals surface area contributed by atoms with E-state index in [9.17, 15) is 0 Å². The average molecular weight is 359 g/mol. The zero-order valence-corrected chi connectivity index (χ0v) is 18.1. The van der Waals surface area contributed by atoms with Crippen molar-refractivity contribution in [1.82, 2.24) is 4.90 Å². The van der Waals surface area contributed by atoms with Gasteiger partial charge >= 0.3 is 0 Å². The van der Waals surface area contributed by atoms with E-state index in [1.807, 2.05) is 0 Å². The highest BCUT2D eigenvalue weighted by Crippen LogP contribution is 2.43. The summed E-state index contributed by atoms with van der Waals surface area (Å²) in [6.45, 7) is 19.9. The van der Waals surface area contributed by atoms with Gasteiger partial charge in [-0.05, 0) is 70.6 Å². The normalized spacial score (nSPS) is 20.3. The van der Waals surface area contributed by atoms with Crippen molar-refractivity contribution in [2.24, 2.45) is 0 Å². The van der Waals surface area contributed by atoms with Gasteiger partial charge in [-0.15, -0.1) is 0 Å². The van der Waals surface area contributed by atoms with Gasteiger partial charge in [0.2, 0.25) is 0 Å². The number of nitrogens with one attached hydrogen (secondary N) is 1. The molecule has 1 aromatic rings. The highest BCUT2D eigenvalue weighted by atomic mass is 16.5. The smallest absolute Gasteiger partial charge is 0.186 e. The van der Waals surface area contributed by atoms with Crippen LogP contribution < -0.4 is 5.32 Å². The lowest BCUT2D eigenvalue weighted by molar-refractivity contribution is 0.0305. The maximum Gasteiger partial charge on any atom is 0.186 e. The number of para-hydroxylation sites is 1. The van der Waals surface area contributed by atoms with E-state index in [4.69, 9.17) is 4.74 Å². The van der Waals surface area contributed by atoms with Crippen molar-refractivity contribution in [1.29, 1.82) is 0 Å². The molecule has 0 atom stereocenters. The fourth-order valence-corrected chi connectivity index (χ4v) is 3.68. The molecule has 0 bridgehead atoms. The minimum Gasteiger partial charge on any atom is -0.471 e. The summed E-state index contributed by atoms with van der Waals surface area (Å²) >= 11 is 0. The van der Waals surface area contributed by atoms with Crippen molar-refractivity contribution >= 4 is 5.69 Å². The molecule has 1 aliphatic heterocycles. The van der Waals surface area contributed by atoms with Gasteiger partial charge in [0.15, 0.2) is 5.88 Å². The van der Waals surface area contributed by atoms with Crippen molar-refractivity contribution in [2.75, 3.05) is 18.4 Å². The molecule has 1 N–H and O–H groups in total. The number of hydrogen-bond donors (Lipinski definition) is 1. The number of nitrogens with zero attached hydrogens (tertiary/aromatic N) is 1. The molecule has 1 saturated heterocycles. The van der Waals surface area contributed by atoms with E-state index in [2.05, 4.69) is 95.9 Å². The Balaban J connectivity index is 2.26. The summed E-state index contributed by atoms with van der Waals surface area (Å²) in [6, 6.07) is 8.69. The van der Waals surface area contributed by atoms with Crippen LogP contribution in [-0.2, 0) is 10.2 Å². The molecule has 3 nitrogen and oxygen atoms in total. The van der Waals surface area contributed by atoms with Crippen LogP contribution in [0.3, 0.4) is 0 Å². The van der Waals surface area contributed by atoms with E-state index in [1.54, 1.807) is 0 Å². The minimum absolute atomic E-state index is 0.0156. The molecule has 1 aromatic carbocycles. The monoisotopic (exact) mass is 358 g/mol. The summed E-state index contributed by atoms with van der Waals surface area (Å²) in [4.78, 5) is 2.39. The fourth-order valence-electron chi connectivity index (χ4n) is 3.68. The van der Waals surface area contributed by atoms with Gasteiger partial charge < -0.3 is 15.0 Å². The van der Waals surface area contributed by atoms with Gasteiger partial charge in [0.25, 0.3) is 0 Å². The third-order valence-corrected chi connectivity index (χ3v) is 6.10. The zero-order chi connectivity index (χ0) is 19.6. The Morgan fingerprint density at radius 1 is 1.12 bits per heavy atom. The van der Waals surface area contributed by atoms with Crippen LogP contribution in [0.2, 0.25) is 0 Å². The fraction of sp³-hybridized carbons (Fsp3) is 0.652. The van der Waals surface area contributed by atoms with Gasteiger partial charge in [0, 0.05) is 18.8 Å². The first-order valence-corrected chi connectivity index (χ1v) is 10.1. The van der Waals surface area contributed by atoms with Gasteiger partial charge in [-0.3, -0.25) is 0 Å². The predicted octanol–water partition coefficient (Wildman–Crippen LogP) is 5.93. The summed E-state index contributed by atoms with van der Waals surface area (Å²) in [5.74, 6) is 1.02. The van der Waals surface area contributed by atoms with Crippen LogP contribution in [0.25, 0.3) is 0 Å². The Morgan fingerprint density at radius 3 is 2.38 bits per heavy atom. The highest BCUT2D eigenvalue weighted by Gasteiger charge is 2.51. The largest absolute Gasteiger partial charge is 0.471 e. The number of rotatable bonds is 7. The Morgan fingerprint density at radius 2 is 1.77 bits per heavy atom. The summed E-state index contributed by atoms with van der Waals surface area (Å²) < 4.78 is 6.37. The SMILES string of the molecule is CCCNc1ccccc1C(C)(C)C/C=C1\OC(C)(C)C(C)(C)N1CC. The lowest BCUT2D eigenvalue weighted by atomic mass is 9.80. The summed E-state index contributed by atoms with van der Waals surface area (Å²) in [7, 11) is 0. The molecule has 0 radical (unpaired) electrons. The van der Waals surface area contributed by atoms with Gasteiger partial charge in [-0.1, -0.05) is 39.0 Å². The molecular weight excluding hydrogens is 320 g/mol. The Hall–Kier alpha value is -1.64. The first-order valence-electron chi connectivity index (χ1n) is 10.1. The summed E-state index contributed by atoms with van der Waals surface area (Å²) in [6.07, 6.45) is 4.36. The standard InChI is InChI=1S/C23H38N2O/c1-9-17-24-19-14-12-11-13-18(19)21(3,4)16-15-20-25(10-2)22(5,6)23(7,8)26-20/h11-15,24H,9-10,16-17H2,1-8H3/b20-15-. The number of ether oxygens (including phenoxy) is 1. The first kappa shape index (κ1) is 20.7. The van der Waals surface area contributed by atoms with Crippen LogP contribution in [0.15, 0.2) is 36.2 Å². The van der Waals surface area contributed by atoms with E-state index in [0.29, 0.717) is 0 Å². The number of likely N-dealkylation sites (N-methyl/N-ethyl adjacent to an activating group) is 1. The van der Waals surface area contributed by atoms with E-state index < -0.39 is 0 Å². The van der Waals surface area contributed by atoms with Crippen molar-refractivity contribution in [3.8, 4) is 0 Å². The first-order chi connectivity index (χ1) is 12.1. The Labute approximate surface area is 160 Å². The van der Waals surface area contributed by atoms with E-state index in [1.165, 1.54) is 11.3 Å². The van der Waals surface area contributed by atoms with E-state index >= 15 is 0 Å². The molecule has 26 heavy (non-hydrogen) atoms. The Kier molecular flexibility index (Phi) is 5.99. The van der Waals surface area contributed by atoms with Crippen LogP contribution in [0, 0.1) is 0 Å². The number of anilines is 1. The van der Waals surface area contributed by atoms with Crippen molar-refractivity contribution in [3.63, 3.8) is 0 Å². The van der Waals surface area contributed by atoms with Crippen molar-refractivity contribution < 1.29 is 4.74 Å². The molecule has 1 heterocycles. The molecule has 0 aliphatic carbocycles. The van der Waals surface area contributed by atoms with E-state index in [0.717, 1.165) is 31.8 Å². The average Bonchev–Trinajstić information content (AvgIpc) is 2.75. The second kappa shape index (κ2) is 7.54. The van der Waals surface area contributed by atoms with Gasteiger partial charge in [0.1, 0.15) is 5.60 Å². The number of hydrogen-bond acceptors (Lipinski definition) is 3. The quantitative estimate of drug-likeness (QED) is 0.654. The molecule has 0 spiro atoms. The van der Waals surface area contributed by atoms with Crippen LogP contribution in [0.5, 0.6) is 0 Å². The molecule has 0 aromatic heterocycles. The third-order valence-electron chi connectivity index (χ3n) is 6.10. The lowest BCUT2D eigenvalue weighted by Crippen LogP contribution is -2.50. The molecule has 0 unspecified atom stereocenters. The minimum atomic E-state index is -0.195. The molecule has 1 fully saturated rings. The molecule has 0 amide bonds. The van der Waals surface area contributed by atoms with Crippen LogP contribution in [0.1, 0.15) is 73.8 Å². The molecule has 1 aliphatic rings. The summed E-state index contributed by atoms with van der Waals surface area (Å²) in [5.41, 5.74) is 2.44. The topological polar surface area (TPSA) is 24.5 Å². The van der Waals surface area contributed by atoms with Crippen molar-refractivity contribution in [3.05, 3.63) is 41.8 Å². The maximum atomic E-state index is 6.37. The molecule has 2 rings (SSSR count). The van der Waals surface area contributed by atoms with Crippen LogP contribution in [-0.4, -0.2) is 29.1 Å². The molecule has 0 saturated carbocycles. The van der Waals surface area contributed by atoms with Crippen LogP contribution >= 0.6 is 0 Å². The maximum absolute atomic E-state index is 6.37. The molecule has 3 heteroatoms. The lowest BCUT2D eigenvalue weighted by Gasteiger charge is -2.37.